The van der Waals surface area contributed by atoms with Gasteiger partial charge in [-0.15, -0.1) is 10.2 Å². The summed E-state index contributed by atoms with van der Waals surface area (Å²) in [5.74, 6) is 2.12. The number of ether oxygens (including phenoxy) is 3. The fourth-order valence-corrected chi connectivity index (χ4v) is 4.83. The van der Waals surface area contributed by atoms with Gasteiger partial charge >= 0.3 is 0 Å². The highest BCUT2D eigenvalue weighted by Crippen LogP contribution is 2.26. The van der Waals surface area contributed by atoms with Crippen LogP contribution in [0.5, 0.6) is 5.75 Å². The number of benzene rings is 1. The second-order valence-corrected chi connectivity index (χ2v) is 9.96. The fraction of sp³-hybridized carbons (Fsp3) is 0.579. The Bertz CT molecular complexity index is 955. The van der Waals surface area contributed by atoms with E-state index in [0.717, 1.165) is 50.2 Å². The molecule has 0 bridgehead atoms. The Hall–Kier alpha value is -1.86. The molecular formula is C19H27N5O5S2. The van der Waals surface area contributed by atoms with Gasteiger partial charge in [0.25, 0.3) is 0 Å². The van der Waals surface area contributed by atoms with Crippen molar-refractivity contribution in [3.05, 3.63) is 24.3 Å². The first kappa shape index (κ1) is 22.3. The van der Waals surface area contributed by atoms with Crippen LogP contribution in [0.1, 0.15) is 12.8 Å². The summed E-state index contributed by atoms with van der Waals surface area (Å²) in [5, 5.41) is 14.8. The second kappa shape index (κ2) is 10.2. The third kappa shape index (κ3) is 5.89. The normalized spacial score (nSPS) is 19.6. The van der Waals surface area contributed by atoms with Crippen LogP contribution in [0.25, 0.3) is 0 Å². The lowest BCUT2D eigenvalue weighted by atomic mass is 10.2. The number of nitrogens with zero attached hydrogens (tertiary/aromatic N) is 4. The lowest BCUT2D eigenvalue weighted by Crippen LogP contribution is -2.38. The number of nitrogens with two attached hydrogens (primary N) is 1. The molecule has 10 nitrogen and oxygen atoms in total. The lowest BCUT2D eigenvalue weighted by Gasteiger charge is -2.28. The average Bonchev–Trinajstić information content (AvgIpc) is 3.42. The Morgan fingerprint density at radius 3 is 2.61 bits per heavy atom. The molecule has 2 N–H and O–H groups in total. The summed E-state index contributed by atoms with van der Waals surface area (Å²) in [6.45, 7) is 4.95. The molecule has 0 radical (unpaired) electrons. The molecule has 2 fully saturated rings. The molecule has 2 aromatic rings. The van der Waals surface area contributed by atoms with E-state index in [1.165, 1.54) is 12.1 Å². The van der Waals surface area contributed by atoms with Crippen molar-refractivity contribution in [1.82, 2.24) is 14.8 Å². The Labute approximate surface area is 186 Å². The van der Waals surface area contributed by atoms with Crippen molar-refractivity contribution in [3.63, 3.8) is 0 Å². The monoisotopic (exact) mass is 469 g/mol. The molecule has 170 valence electrons. The molecule has 2 aliphatic rings. The number of rotatable bonds is 9. The molecule has 1 aromatic heterocycles. The third-order valence-corrected chi connectivity index (χ3v) is 7.00. The molecule has 4 rings (SSSR count). The minimum Gasteiger partial charge on any atom is -0.493 e. The zero-order valence-corrected chi connectivity index (χ0v) is 18.8. The highest BCUT2D eigenvalue weighted by Gasteiger charge is 2.24. The van der Waals surface area contributed by atoms with Crippen molar-refractivity contribution < 1.29 is 22.6 Å². The van der Waals surface area contributed by atoms with Gasteiger partial charge in [0.15, 0.2) is 5.16 Å². The second-order valence-electron chi connectivity index (χ2n) is 7.34. The molecule has 0 spiro atoms. The summed E-state index contributed by atoms with van der Waals surface area (Å²) < 4.78 is 41.8. The molecule has 12 heteroatoms. The Kier molecular flexibility index (Phi) is 7.33. The summed E-state index contributed by atoms with van der Waals surface area (Å²) in [6, 6.07) is 6.07. The van der Waals surface area contributed by atoms with Crippen LogP contribution in [-0.4, -0.2) is 74.6 Å². The van der Waals surface area contributed by atoms with E-state index in [-0.39, 0.29) is 11.0 Å². The number of primary sulfonamides is 1. The molecule has 1 atom stereocenters. The van der Waals surface area contributed by atoms with Gasteiger partial charge in [0.05, 0.1) is 37.4 Å². The number of hydrogen-bond donors (Lipinski definition) is 1. The van der Waals surface area contributed by atoms with E-state index >= 15 is 0 Å². The average molecular weight is 470 g/mol. The number of hydrogen-bond acceptors (Lipinski definition) is 9. The van der Waals surface area contributed by atoms with Gasteiger partial charge in [0, 0.05) is 25.4 Å². The summed E-state index contributed by atoms with van der Waals surface area (Å²) >= 11 is 1.58. The number of thioether (sulfide) groups is 1. The zero-order valence-electron chi connectivity index (χ0n) is 17.2. The van der Waals surface area contributed by atoms with E-state index in [1.807, 2.05) is 0 Å². The fourth-order valence-electron chi connectivity index (χ4n) is 3.55. The van der Waals surface area contributed by atoms with Crippen LogP contribution in [0.4, 0.5) is 5.95 Å². The number of anilines is 1. The van der Waals surface area contributed by atoms with Crippen LogP contribution < -0.4 is 14.8 Å². The Morgan fingerprint density at radius 2 is 1.94 bits per heavy atom. The van der Waals surface area contributed by atoms with E-state index in [1.54, 1.807) is 23.9 Å². The van der Waals surface area contributed by atoms with E-state index in [2.05, 4.69) is 19.7 Å². The number of aromatic nitrogens is 3. The highest BCUT2D eigenvalue weighted by molar-refractivity contribution is 7.99. The van der Waals surface area contributed by atoms with E-state index < -0.39 is 10.0 Å². The van der Waals surface area contributed by atoms with Gasteiger partial charge in [-0.25, -0.2) is 13.6 Å². The topological polar surface area (TPSA) is 122 Å². The van der Waals surface area contributed by atoms with Gasteiger partial charge in [0.1, 0.15) is 5.75 Å². The van der Waals surface area contributed by atoms with Crippen molar-refractivity contribution in [2.75, 3.05) is 50.2 Å². The Balaban J connectivity index is 1.36. The quantitative estimate of drug-likeness (QED) is 0.425. The van der Waals surface area contributed by atoms with Gasteiger partial charge in [-0.3, -0.25) is 4.57 Å². The van der Waals surface area contributed by atoms with E-state index in [0.29, 0.717) is 31.3 Å². The summed E-state index contributed by atoms with van der Waals surface area (Å²) in [4.78, 5) is 2.27. The van der Waals surface area contributed by atoms with Crippen LogP contribution in [0.2, 0.25) is 0 Å². The van der Waals surface area contributed by atoms with Crippen LogP contribution >= 0.6 is 11.8 Å². The minimum absolute atomic E-state index is 0.0621. The smallest absolute Gasteiger partial charge is 0.238 e. The highest BCUT2D eigenvalue weighted by atomic mass is 32.2. The van der Waals surface area contributed by atoms with Crippen LogP contribution in [0.3, 0.4) is 0 Å². The molecule has 0 amide bonds. The van der Waals surface area contributed by atoms with Gasteiger partial charge in [-0.1, -0.05) is 11.8 Å². The molecule has 1 aromatic carbocycles. The van der Waals surface area contributed by atoms with Gasteiger partial charge in [0.2, 0.25) is 16.0 Å². The van der Waals surface area contributed by atoms with Crippen LogP contribution in [0.15, 0.2) is 34.3 Å². The largest absolute Gasteiger partial charge is 0.493 e. The number of morpholine rings is 1. The summed E-state index contributed by atoms with van der Waals surface area (Å²) in [5.41, 5.74) is 0. The van der Waals surface area contributed by atoms with Crippen LogP contribution in [-0.2, 0) is 26.0 Å². The molecule has 0 aliphatic carbocycles. The standard InChI is InChI=1S/C19H27N5O5S2/c20-31(25,26)17-5-3-15(4-6-17)29-12-13-30-19-22-21-18(23-7-10-27-11-8-23)24(19)14-16-2-1-9-28-16/h3-6,16H,1-2,7-14H2,(H2,20,25,26). The maximum Gasteiger partial charge on any atom is 0.238 e. The zero-order chi connectivity index (χ0) is 21.7. The molecular weight excluding hydrogens is 442 g/mol. The maximum absolute atomic E-state index is 11.3. The van der Waals surface area contributed by atoms with Crippen molar-refractivity contribution in [2.45, 2.75) is 35.5 Å². The van der Waals surface area contributed by atoms with Crippen molar-refractivity contribution in [1.29, 1.82) is 0 Å². The molecule has 0 saturated carbocycles. The molecule has 3 heterocycles. The van der Waals surface area contributed by atoms with E-state index in [9.17, 15) is 8.42 Å². The lowest BCUT2D eigenvalue weighted by molar-refractivity contribution is 0.0942. The van der Waals surface area contributed by atoms with Crippen molar-refractivity contribution in [2.24, 2.45) is 5.14 Å². The first-order valence-corrected chi connectivity index (χ1v) is 12.8. The maximum atomic E-state index is 11.3. The van der Waals surface area contributed by atoms with E-state index in [4.69, 9.17) is 19.3 Å². The predicted molar refractivity (Wildman–Crippen MR) is 116 cm³/mol. The minimum atomic E-state index is -3.70. The van der Waals surface area contributed by atoms with Crippen molar-refractivity contribution >= 4 is 27.7 Å². The number of sulfonamides is 1. The van der Waals surface area contributed by atoms with Gasteiger partial charge in [-0.2, -0.15) is 0 Å². The predicted octanol–water partition coefficient (Wildman–Crippen LogP) is 1.11. The summed E-state index contributed by atoms with van der Waals surface area (Å²) in [7, 11) is -3.70. The van der Waals surface area contributed by atoms with Crippen LogP contribution in [0, 0.1) is 0 Å². The molecule has 2 saturated heterocycles. The molecule has 1 unspecified atom stereocenters. The first-order chi connectivity index (χ1) is 15.0. The SMILES string of the molecule is NS(=O)(=O)c1ccc(OCCSc2nnc(N3CCOCC3)n2CC2CCCO2)cc1. The van der Waals surface area contributed by atoms with Gasteiger partial charge < -0.3 is 19.1 Å². The van der Waals surface area contributed by atoms with Crippen molar-refractivity contribution in [3.8, 4) is 5.75 Å². The third-order valence-electron chi connectivity index (χ3n) is 5.14. The van der Waals surface area contributed by atoms with Gasteiger partial charge in [-0.05, 0) is 37.1 Å². The molecule has 31 heavy (non-hydrogen) atoms. The Morgan fingerprint density at radius 1 is 1.16 bits per heavy atom. The molecule has 2 aliphatic heterocycles. The summed E-state index contributed by atoms with van der Waals surface area (Å²) in [6.07, 6.45) is 2.31. The first-order valence-electron chi connectivity index (χ1n) is 10.3.